The Bertz CT molecular complexity index is 304. The fraction of sp³-hybridized carbons (Fsp3) is 0.438. The third kappa shape index (κ3) is 9.55. The van der Waals surface area contributed by atoms with E-state index in [2.05, 4.69) is 63.0 Å². The highest BCUT2D eigenvalue weighted by Crippen LogP contribution is 2.02. The van der Waals surface area contributed by atoms with Crippen LogP contribution < -0.4 is 0 Å². The Balaban J connectivity index is 0.000000252. The molecule has 0 radical (unpaired) electrons. The molecule has 0 aliphatic carbocycles. The Morgan fingerprint density at radius 3 is 1.76 bits per heavy atom. The lowest BCUT2D eigenvalue weighted by Crippen LogP contribution is -1.81. The maximum absolute atomic E-state index is 3.97. The van der Waals surface area contributed by atoms with Crippen LogP contribution >= 0.6 is 0 Å². The Morgan fingerprint density at radius 2 is 1.59 bits per heavy atom. The first-order chi connectivity index (χ1) is 8.22. The van der Waals surface area contributed by atoms with Crippen LogP contribution in [0, 0.1) is 13.8 Å². The highest BCUT2D eigenvalue weighted by molar-refractivity contribution is 5.71. The predicted octanol–water partition coefficient (Wildman–Crippen LogP) is 4.74. The molecule has 0 atom stereocenters. The van der Waals surface area contributed by atoms with Crippen LogP contribution in [-0.2, 0) is 0 Å². The molecule has 0 N–H and O–H groups in total. The van der Waals surface area contributed by atoms with Crippen LogP contribution in [0.2, 0.25) is 0 Å². The summed E-state index contributed by atoms with van der Waals surface area (Å²) in [6, 6.07) is 8.36. The zero-order chi connectivity index (χ0) is 12.9. The minimum atomic E-state index is 0.983. The minimum absolute atomic E-state index is 0.983. The first-order valence-corrected chi connectivity index (χ1v) is 6.39. The van der Waals surface area contributed by atoms with Gasteiger partial charge in [0.25, 0.3) is 0 Å². The summed E-state index contributed by atoms with van der Waals surface area (Å²) >= 11 is 0. The number of dihydropyridines is 1. The standard InChI is InChI=1S/C8H10.C5H7N.C3H8/c1-7-5-3-4-6-8(7)2;1-2-4-6-5-3-1;1-3-2/h3-6H,1-2H3;1-2,4H,3,5H2;3H2,1-2H3. The highest BCUT2D eigenvalue weighted by Gasteiger charge is 1.83. The molecule has 0 saturated carbocycles. The first kappa shape index (κ1) is 15.6. The van der Waals surface area contributed by atoms with Gasteiger partial charge in [0.1, 0.15) is 0 Å². The molecule has 0 unspecified atom stereocenters. The van der Waals surface area contributed by atoms with Crippen molar-refractivity contribution in [2.45, 2.75) is 40.5 Å². The monoisotopic (exact) mass is 231 g/mol. The lowest BCUT2D eigenvalue weighted by atomic mass is 10.1. The fourth-order valence-corrected chi connectivity index (χ4v) is 1.10. The van der Waals surface area contributed by atoms with E-state index in [0.29, 0.717) is 0 Å². The number of allylic oxidation sites excluding steroid dienone is 1. The summed E-state index contributed by atoms with van der Waals surface area (Å²) in [7, 11) is 0. The number of benzene rings is 1. The highest BCUT2D eigenvalue weighted by atomic mass is 14.7. The Morgan fingerprint density at radius 1 is 1.06 bits per heavy atom. The molecule has 1 aromatic rings. The van der Waals surface area contributed by atoms with Gasteiger partial charge in [0.05, 0.1) is 0 Å². The van der Waals surface area contributed by atoms with E-state index in [1.807, 2.05) is 12.3 Å². The predicted molar refractivity (Wildman–Crippen MR) is 79.0 cm³/mol. The van der Waals surface area contributed by atoms with Crippen LogP contribution in [0.4, 0.5) is 0 Å². The maximum Gasteiger partial charge on any atom is 0.0423 e. The molecule has 0 spiro atoms. The Kier molecular flexibility index (Phi) is 10.2. The second-order valence-electron chi connectivity index (χ2n) is 4.06. The number of nitrogens with zero attached hydrogens (tertiary/aromatic N) is 1. The van der Waals surface area contributed by atoms with Gasteiger partial charge in [-0.2, -0.15) is 0 Å². The summed E-state index contributed by atoms with van der Waals surface area (Å²) in [5.41, 5.74) is 2.74. The fourth-order valence-electron chi connectivity index (χ4n) is 1.10. The number of aliphatic imine (C=N–C) groups is 1. The lowest BCUT2D eigenvalue weighted by molar-refractivity contribution is 1.00. The van der Waals surface area contributed by atoms with Crippen molar-refractivity contribution < 1.29 is 0 Å². The molecule has 0 amide bonds. The molecule has 0 bridgehead atoms. The van der Waals surface area contributed by atoms with Crippen LogP contribution in [0.25, 0.3) is 0 Å². The molecular formula is C16H25N. The van der Waals surface area contributed by atoms with Gasteiger partial charge in [-0.25, -0.2) is 0 Å². The Hall–Kier alpha value is -1.37. The van der Waals surface area contributed by atoms with Crippen LogP contribution in [0.5, 0.6) is 0 Å². The third-order valence-corrected chi connectivity index (χ3v) is 2.18. The summed E-state index contributed by atoms with van der Waals surface area (Å²) in [4.78, 5) is 3.97. The van der Waals surface area contributed by atoms with Crippen molar-refractivity contribution in [1.82, 2.24) is 0 Å². The molecule has 0 saturated heterocycles. The second-order valence-corrected chi connectivity index (χ2v) is 4.06. The topological polar surface area (TPSA) is 12.4 Å². The van der Waals surface area contributed by atoms with Crippen molar-refractivity contribution in [2.75, 3.05) is 6.54 Å². The van der Waals surface area contributed by atoms with E-state index in [0.717, 1.165) is 13.0 Å². The zero-order valence-corrected chi connectivity index (χ0v) is 11.6. The maximum atomic E-state index is 3.97. The van der Waals surface area contributed by atoms with Crippen molar-refractivity contribution in [2.24, 2.45) is 4.99 Å². The van der Waals surface area contributed by atoms with Crippen molar-refractivity contribution in [3.8, 4) is 0 Å². The van der Waals surface area contributed by atoms with Gasteiger partial charge >= 0.3 is 0 Å². The zero-order valence-electron chi connectivity index (χ0n) is 11.6. The molecule has 2 rings (SSSR count). The smallest absolute Gasteiger partial charge is 0.0423 e. The normalized spacial score (nSPS) is 12.0. The molecule has 1 nitrogen and oxygen atoms in total. The largest absolute Gasteiger partial charge is 0.293 e. The van der Waals surface area contributed by atoms with Crippen LogP contribution in [0.3, 0.4) is 0 Å². The third-order valence-electron chi connectivity index (χ3n) is 2.18. The van der Waals surface area contributed by atoms with E-state index in [-0.39, 0.29) is 0 Å². The average molecular weight is 231 g/mol. The van der Waals surface area contributed by atoms with Gasteiger partial charge in [0.15, 0.2) is 0 Å². The van der Waals surface area contributed by atoms with E-state index in [4.69, 9.17) is 0 Å². The molecule has 1 aromatic carbocycles. The van der Waals surface area contributed by atoms with E-state index in [1.165, 1.54) is 17.5 Å². The number of aryl methyl sites for hydroxylation is 2. The second kappa shape index (κ2) is 11.1. The number of hydrogen-bond acceptors (Lipinski definition) is 1. The van der Waals surface area contributed by atoms with Crippen LogP contribution in [0.15, 0.2) is 41.4 Å². The SMILES string of the molecule is C1=CCCN=C1.CCC.Cc1ccccc1C. The molecule has 1 heteroatoms. The molecule has 17 heavy (non-hydrogen) atoms. The quantitative estimate of drug-likeness (QED) is 0.611. The van der Waals surface area contributed by atoms with Crippen molar-refractivity contribution in [1.29, 1.82) is 0 Å². The van der Waals surface area contributed by atoms with Gasteiger partial charge in [-0.1, -0.05) is 50.6 Å². The summed E-state index contributed by atoms with van der Waals surface area (Å²) < 4.78 is 0. The molecule has 1 aliphatic heterocycles. The van der Waals surface area contributed by atoms with Gasteiger partial charge < -0.3 is 0 Å². The van der Waals surface area contributed by atoms with E-state index in [9.17, 15) is 0 Å². The molecule has 0 aromatic heterocycles. The van der Waals surface area contributed by atoms with Gasteiger partial charge in [-0.3, -0.25) is 4.99 Å². The van der Waals surface area contributed by atoms with Gasteiger partial charge in [-0.15, -0.1) is 0 Å². The molecule has 1 heterocycles. The number of hydrogen-bond donors (Lipinski definition) is 0. The van der Waals surface area contributed by atoms with Gasteiger partial charge in [-0.05, 0) is 37.5 Å². The molecule has 94 valence electrons. The van der Waals surface area contributed by atoms with Gasteiger partial charge in [0.2, 0.25) is 0 Å². The van der Waals surface area contributed by atoms with Crippen molar-refractivity contribution in [3.05, 3.63) is 47.5 Å². The molecule has 0 fully saturated rings. The average Bonchev–Trinajstić information content (AvgIpc) is 2.37. The minimum Gasteiger partial charge on any atom is -0.293 e. The van der Waals surface area contributed by atoms with E-state index in [1.54, 1.807) is 0 Å². The summed E-state index contributed by atoms with van der Waals surface area (Å²) in [6.45, 7) is 9.47. The first-order valence-electron chi connectivity index (χ1n) is 6.39. The van der Waals surface area contributed by atoms with Crippen molar-refractivity contribution >= 4 is 6.21 Å². The van der Waals surface area contributed by atoms with Crippen LogP contribution in [-0.4, -0.2) is 12.8 Å². The summed E-state index contributed by atoms with van der Waals surface area (Å²) in [5, 5.41) is 0. The number of rotatable bonds is 0. The van der Waals surface area contributed by atoms with Gasteiger partial charge in [0, 0.05) is 12.8 Å². The Labute approximate surface area is 106 Å². The van der Waals surface area contributed by atoms with Crippen molar-refractivity contribution in [3.63, 3.8) is 0 Å². The van der Waals surface area contributed by atoms with Crippen LogP contribution in [0.1, 0.15) is 37.8 Å². The lowest BCUT2D eigenvalue weighted by Gasteiger charge is -1.93. The summed E-state index contributed by atoms with van der Waals surface area (Å²) in [5.74, 6) is 0. The molecule has 1 aliphatic rings. The summed E-state index contributed by atoms with van der Waals surface area (Å²) in [6.07, 6.45) is 8.30. The molecular weight excluding hydrogens is 206 g/mol. The van der Waals surface area contributed by atoms with E-state index < -0.39 is 0 Å². The van der Waals surface area contributed by atoms with E-state index >= 15 is 0 Å².